The number of rotatable bonds is 3. The molecule has 2 unspecified atom stereocenters. The van der Waals surface area contributed by atoms with Crippen LogP contribution in [0.2, 0.25) is 0 Å². The molecule has 7 fully saturated rings. The minimum Gasteiger partial charge on any atom is -0.298 e. The van der Waals surface area contributed by atoms with Crippen molar-refractivity contribution in [3.05, 3.63) is 0 Å². The molecular weight excluding hydrogens is 334 g/mol. The number of hydrogen-bond acceptors (Lipinski definition) is 3. The highest BCUT2D eigenvalue weighted by Crippen LogP contribution is 2.66. The molecule has 3 saturated heterocycles. The molecule has 0 radical (unpaired) electrons. The first kappa shape index (κ1) is 17.8. The average molecular weight is 366 g/mol. The van der Waals surface area contributed by atoms with Gasteiger partial charge in [-0.25, -0.2) is 5.43 Å². The van der Waals surface area contributed by atoms with E-state index < -0.39 is 0 Å². The lowest BCUT2D eigenvalue weighted by atomic mass is 9.43. The van der Waals surface area contributed by atoms with Crippen LogP contribution in [0.1, 0.15) is 64.7 Å². The van der Waals surface area contributed by atoms with E-state index in [4.69, 9.17) is 0 Å². The highest BCUT2D eigenvalue weighted by molar-refractivity contribution is 5.92. The van der Waals surface area contributed by atoms with Crippen molar-refractivity contribution in [3.63, 3.8) is 0 Å². The maximum atomic E-state index is 13.2. The zero-order valence-electron chi connectivity index (χ0n) is 15.4. The van der Waals surface area contributed by atoms with Gasteiger partial charge in [-0.3, -0.25) is 9.69 Å². The van der Waals surface area contributed by atoms with E-state index >= 15 is 0 Å². The predicted octanol–water partition coefficient (Wildman–Crippen LogP) is 3.60. The summed E-state index contributed by atoms with van der Waals surface area (Å²) in [4.78, 5) is 15.6. The van der Waals surface area contributed by atoms with Crippen molar-refractivity contribution < 1.29 is 4.79 Å². The van der Waals surface area contributed by atoms with Crippen molar-refractivity contribution in [2.45, 2.75) is 64.7 Å². The minimum atomic E-state index is -0.0991. The Kier molecular flexibility index (Phi) is 4.43. The summed E-state index contributed by atoms with van der Waals surface area (Å²) in [6.45, 7) is 5.74. The van der Waals surface area contributed by atoms with Crippen molar-refractivity contribution >= 4 is 24.0 Å². The van der Waals surface area contributed by atoms with Gasteiger partial charge in [0.1, 0.15) is 0 Å². The molecule has 0 aromatic rings. The molecule has 5 heteroatoms. The Balaban J connectivity index is 0.00000157. The molecule has 2 atom stereocenters. The van der Waals surface area contributed by atoms with Gasteiger partial charge in [0, 0.05) is 12.5 Å². The molecule has 4 saturated carbocycles. The third-order valence-corrected chi connectivity index (χ3v) is 8.16. The number of fused-ring (bicyclic) bond motifs is 3. The highest BCUT2D eigenvalue weighted by Gasteiger charge is 2.59. The number of amides is 1. The molecule has 1 amide bonds. The van der Waals surface area contributed by atoms with E-state index in [-0.39, 0.29) is 23.7 Å². The molecule has 7 aliphatic rings. The number of piperidine rings is 3. The number of nitrogens with zero attached hydrogens (tertiary/aromatic N) is 2. The molecule has 7 rings (SSSR count). The summed E-state index contributed by atoms with van der Waals surface area (Å²) < 4.78 is 0. The Hall–Kier alpha value is -0.610. The Labute approximate surface area is 157 Å². The number of halogens is 1. The summed E-state index contributed by atoms with van der Waals surface area (Å²) in [7, 11) is 0. The molecular formula is C20H32ClN3O. The average Bonchev–Trinajstić information content (AvgIpc) is 2.59. The monoisotopic (exact) mass is 365 g/mol. The van der Waals surface area contributed by atoms with Crippen LogP contribution in [0.3, 0.4) is 0 Å². The van der Waals surface area contributed by atoms with Crippen molar-refractivity contribution in [1.29, 1.82) is 0 Å². The fourth-order valence-corrected chi connectivity index (χ4v) is 7.28. The SMILES string of the molecule is CCC12CC3CC(C1)CC(C(=O)NN=C1CN4CCC1CC4)(C3)C2.Cl. The third-order valence-electron chi connectivity index (χ3n) is 8.16. The first-order chi connectivity index (χ1) is 11.6. The number of hydrogen-bond donors (Lipinski definition) is 1. The van der Waals surface area contributed by atoms with Crippen LogP contribution < -0.4 is 5.43 Å². The van der Waals surface area contributed by atoms with E-state index in [1.807, 2.05) is 0 Å². The fraction of sp³-hybridized carbons (Fsp3) is 0.900. The fourth-order valence-electron chi connectivity index (χ4n) is 7.28. The van der Waals surface area contributed by atoms with Gasteiger partial charge in [-0.1, -0.05) is 13.3 Å². The van der Waals surface area contributed by atoms with Crippen LogP contribution in [-0.2, 0) is 4.79 Å². The van der Waals surface area contributed by atoms with Crippen molar-refractivity contribution in [3.8, 4) is 0 Å². The van der Waals surface area contributed by atoms with E-state index in [1.165, 1.54) is 57.3 Å². The second-order valence-electron chi connectivity index (χ2n) is 9.69. The predicted molar refractivity (Wildman–Crippen MR) is 102 cm³/mol. The summed E-state index contributed by atoms with van der Waals surface area (Å²) in [5, 5.41) is 4.65. The van der Waals surface area contributed by atoms with Crippen molar-refractivity contribution in [2.75, 3.05) is 19.6 Å². The smallest absolute Gasteiger partial charge is 0.246 e. The molecule has 3 aliphatic heterocycles. The Morgan fingerprint density at radius 2 is 1.88 bits per heavy atom. The van der Waals surface area contributed by atoms with Gasteiger partial charge in [-0.15, -0.1) is 12.4 Å². The lowest BCUT2D eigenvalue weighted by molar-refractivity contribution is -0.157. The van der Waals surface area contributed by atoms with Crippen LogP contribution in [0.5, 0.6) is 0 Å². The van der Waals surface area contributed by atoms with Gasteiger partial charge >= 0.3 is 0 Å². The lowest BCUT2D eigenvalue weighted by Gasteiger charge is -2.61. The Morgan fingerprint density at radius 3 is 2.44 bits per heavy atom. The highest BCUT2D eigenvalue weighted by atomic mass is 35.5. The first-order valence-corrected chi connectivity index (χ1v) is 10.2. The van der Waals surface area contributed by atoms with Crippen LogP contribution in [0, 0.1) is 28.6 Å². The molecule has 25 heavy (non-hydrogen) atoms. The summed E-state index contributed by atoms with van der Waals surface area (Å²) in [6.07, 6.45) is 11.2. The van der Waals surface area contributed by atoms with Crippen LogP contribution >= 0.6 is 12.4 Å². The molecule has 4 nitrogen and oxygen atoms in total. The molecule has 140 valence electrons. The normalized spacial score (nSPS) is 48.4. The minimum absolute atomic E-state index is 0. The molecule has 6 bridgehead atoms. The standard InChI is InChI=1S/C20H31N3O.ClH/c1-2-19-8-14-7-15(9-19)11-20(10-14,13-19)18(24)22-21-17-12-23-5-3-16(17)4-6-23;/h14-16H,2-13H2,1H3,(H,22,24);1H. The number of hydrazone groups is 1. The first-order valence-electron chi connectivity index (χ1n) is 10.2. The molecule has 0 spiro atoms. The number of carbonyl (C=O) groups is 1. The van der Waals surface area contributed by atoms with Crippen LogP contribution in [-0.4, -0.2) is 36.2 Å². The number of nitrogens with one attached hydrogen (secondary N) is 1. The van der Waals surface area contributed by atoms with Gasteiger partial charge in [0.05, 0.1) is 11.1 Å². The lowest BCUT2D eigenvalue weighted by Crippen LogP contribution is -2.57. The topological polar surface area (TPSA) is 44.7 Å². The van der Waals surface area contributed by atoms with Gasteiger partial charge in [0.2, 0.25) is 5.91 Å². The maximum Gasteiger partial charge on any atom is 0.246 e. The van der Waals surface area contributed by atoms with Crippen LogP contribution in [0.15, 0.2) is 5.10 Å². The Morgan fingerprint density at radius 1 is 1.20 bits per heavy atom. The second-order valence-corrected chi connectivity index (χ2v) is 9.69. The van der Waals surface area contributed by atoms with E-state index in [0.29, 0.717) is 11.3 Å². The molecule has 1 N–H and O–H groups in total. The van der Waals surface area contributed by atoms with Crippen molar-refractivity contribution in [1.82, 2.24) is 10.3 Å². The van der Waals surface area contributed by atoms with Crippen molar-refractivity contribution in [2.24, 2.45) is 33.7 Å². The summed E-state index contributed by atoms with van der Waals surface area (Å²) in [6, 6.07) is 0. The van der Waals surface area contributed by atoms with E-state index in [9.17, 15) is 4.79 Å². The van der Waals surface area contributed by atoms with Gasteiger partial charge in [0.25, 0.3) is 0 Å². The van der Waals surface area contributed by atoms with E-state index in [1.54, 1.807) is 0 Å². The quantitative estimate of drug-likeness (QED) is 0.776. The summed E-state index contributed by atoms with van der Waals surface area (Å²) in [5.74, 6) is 2.45. The second kappa shape index (κ2) is 6.23. The van der Waals surface area contributed by atoms with Gasteiger partial charge in [-0.05, 0) is 81.7 Å². The zero-order chi connectivity index (χ0) is 16.4. The Bertz CT molecular complexity index is 567. The molecule has 0 aromatic carbocycles. The van der Waals surface area contributed by atoms with Gasteiger partial charge < -0.3 is 0 Å². The van der Waals surface area contributed by atoms with Crippen LogP contribution in [0.4, 0.5) is 0 Å². The molecule has 3 heterocycles. The van der Waals surface area contributed by atoms with E-state index in [2.05, 4.69) is 22.4 Å². The van der Waals surface area contributed by atoms with Gasteiger partial charge in [0.15, 0.2) is 0 Å². The maximum absolute atomic E-state index is 13.2. The van der Waals surface area contributed by atoms with Crippen LogP contribution in [0.25, 0.3) is 0 Å². The zero-order valence-corrected chi connectivity index (χ0v) is 16.2. The third kappa shape index (κ3) is 2.84. The van der Waals surface area contributed by atoms with E-state index in [0.717, 1.165) is 37.6 Å². The number of carbonyl (C=O) groups excluding carboxylic acids is 1. The van der Waals surface area contributed by atoms with Gasteiger partial charge in [-0.2, -0.15) is 5.10 Å². The summed E-state index contributed by atoms with van der Waals surface area (Å²) in [5.41, 5.74) is 4.65. The largest absolute Gasteiger partial charge is 0.298 e. The summed E-state index contributed by atoms with van der Waals surface area (Å²) >= 11 is 0. The molecule has 4 aliphatic carbocycles. The molecule has 0 aromatic heterocycles.